The van der Waals surface area contributed by atoms with Crippen LogP contribution in [0.4, 0.5) is 0 Å². The molecule has 2 N–H and O–H groups in total. The van der Waals surface area contributed by atoms with E-state index in [0.29, 0.717) is 11.5 Å². The van der Waals surface area contributed by atoms with E-state index in [1.165, 1.54) is 12.2 Å². The van der Waals surface area contributed by atoms with Crippen LogP contribution in [0.25, 0.3) is 0 Å². The van der Waals surface area contributed by atoms with Crippen molar-refractivity contribution in [3.63, 3.8) is 0 Å². The van der Waals surface area contributed by atoms with Crippen molar-refractivity contribution in [1.29, 1.82) is 0 Å². The highest BCUT2D eigenvalue weighted by atomic mass is 16.5. The summed E-state index contributed by atoms with van der Waals surface area (Å²) in [7, 11) is 0. The lowest BCUT2D eigenvalue weighted by atomic mass is 10.3. The van der Waals surface area contributed by atoms with E-state index in [1.807, 2.05) is 0 Å². The molecule has 0 atom stereocenters. The maximum Gasteiger partial charge on any atom is 0.164 e. The minimum atomic E-state index is 0.0424. The molecule has 0 bridgehead atoms. The van der Waals surface area contributed by atoms with Gasteiger partial charge in [0.2, 0.25) is 0 Å². The minimum absolute atomic E-state index is 0.0424. The van der Waals surface area contributed by atoms with Gasteiger partial charge in [-0.3, -0.25) is 0 Å². The first-order valence-electron chi connectivity index (χ1n) is 4.82. The second-order valence-electron chi connectivity index (χ2n) is 2.76. The van der Waals surface area contributed by atoms with Crippen molar-refractivity contribution < 1.29 is 14.9 Å². The smallest absolute Gasteiger partial charge is 0.164 e. The Hall–Kier alpha value is -1.64. The Labute approximate surface area is 90.7 Å². The zero-order valence-electron chi connectivity index (χ0n) is 9.61. The highest BCUT2D eigenvalue weighted by Crippen LogP contribution is 2.17. The molecule has 0 heterocycles. The van der Waals surface area contributed by atoms with Gasteiger partial charge in [0.1, 0.15) is 0 Å². The van der Waals surface area contributed by atoms with Crippen LogP contribution in [-0.2, 0) is 4.74 Å². The summed E-state index contributed by atoms with van der Waals surface area (Å²) in [5.41, 5.74) is 0. The molecule has 0 aliphatic heterocycles. The molecule has 0 saturated heterocycles. The summed E-state index contributed by atoms with van der Waals surface area (Å²) < 4.78 is 5.34. The highest BCUT2D eigenvalue weighted by molar-refractivity contribution is 5.25. The lowest BCUT2D eigenvalue weighted by molar-refractivity contribution is 0.242. The Bertz CT molecular complexity index is 288. The van der Waals surface area contributed by atoms with Gasteiger partial charge in [-0.25, -0.2) is 0 Å². The summed E-state index contributed by atoms with van der Waals surface area (Å²) in [6.45, 7) is 6.89. The first-order chi connectivity index (χ1) is 7.10. The molecule has 0 aromatic rings. The number of aliphatic hydroxyl groups excluding tert-OH is 2. The third kappa shape index (κ3) is 3.94. The lowest BCUT2D eigenvalue weighted by Gasteiger charge is -2.11. The summed E-state index contributed by atoms with van der Waals surface area (Å²) in [4.78, 5) is 0. The molecule has 84 valence electrons. The van der Waals surface area contributed by atoms with Crippen LogP contribution in [0.5, 0.6) is 0 Å². The highest BCUT2D eigenvalue weighted by Gasteiger charge is 2.08. The Morgan fingerprint density at radius 1 is 0.733 bits per heavy atom. The van der Waals surface area contributed by atoms with Crippen LogP contribution < -0.4 is 0 Å². The number of hydrogen-bond acceptors (Lipinski definition) is 3. The van der Waals surface area contributed by atoms with Crippen LogP contribution in [0.15, 0.2) is 47.3 Å². The quantitative estimate of drug-likeness (QED) is 0.549. The average Bonchev–Trinajstić information content (AvgIpc) is 2.28. The molecule has 0 saturated carbocycles. The first-order valence-corrected chi connectivity index (χ1v) is 4.82. The zero-order valence-corrected chi connectivity index (χ0v) is 9.61. The van der Waals surface area contributed by atoms with Crippen molar-refractivity contribution in [3.05, 3.63) is 47.3 Å². The molecule has 0 aliphatic carbocycles. The molecule has 0 amide bonds. The summed E-state index contributed by atoms with van der Waals surface area (Å²) in [6, 6.07) is 0. The second-order valence-corrected chi connectivity index (χ2v) is 2.76. The number of aliphatic hydroxyl groups is 2. The maximum absolute atomic E-state index is 9.46. The molecule has 0 spiro atoms. The fourth-order valence-electron chi connectivity index (χ4n) is 0.921. The normalized spacial score (nSPS) is 15.5. The van der Waals surface area contributed by atoms with E-state index in [4.69, 9.17) is 4.74 Å². The summed E-state index contributed by atoms with van der Waals surface area (Å²) >= 11 is 0. The monoisotopic (exact) mass is 210 g/mol. The SMILES string of the molecule is CC=C(O)C(=CC)OC(=CC)C(O)=CC. The molecule has 0 aromatic heterocycles. The van der Waals surface area contributed by atoms with E-state index in [2.05, 4.69) is 0 Å². The van der Waals surface area contributed by atoms with Gasteiger partial charge in [0.15, 0.2) is 23.0 Å². The zero-order chi connectivity index (χ0) is 11.8. The molecule has 0 unspecified atom stereocenters. The van der Waals surface area contributed by atoms with Gasteiger partial charge in [0.25, 0.3) is 0 Å². The second kappa shape index (κ2) is 6.76. The number of hydrogen-bond donors (Lipinski definition) is 2. The standard InChI is InChI=1S/C12H18O3/c1-5-9(13)11(7-3)15-12(8-4)10(14)6-2/h5-8,13-14H,1-4H3. The van der Waals surface area contributed by atoms with E-state index in [-0.39, 0.29) is 11.5 Å². The predicted octanol–water partition coefficient (Wildman–Crippen LogP) is 3.73. The van der Waals surface area contributed by atoms with Crippen LogP contribution in [0.1, 0.15) is 27.7 Å². The van der Waals surface area contributed by atoms with Gasteiger partial charge in [0.05, 0.1) is 0 Å². The Kier molecular flexibility index (Phi) is 6.02. The Morgan fingerprint density at radius 2 is 1.07 bits per heavy atom. The molecule has 15 heavy (non-hydrogen) atoms. The molecule has 0 aromatic carbocycles. The van der Waals surface area contributed by atoms with Crippen LogP contribution in [-0.4, -0.2) is 10.2 Å². The van der Waals surface area contributed by atoms with Gasteiger partial charge in [-0.05, 0) is 52.0 Å². The van der Waals surface area contributed by atoms with Crippen molar-refractivity contribution in [2.45, 2.75) is 27.7 Å². The predicted molar refractivity (Wildman–Crippen MR) is 61.4 cm³/mol. The molecule has 0 fully saturated rings. The molecule has 0 radical (unpaired) electrons. The molecule has 3 heteroatoms. The minimum Gasteiger partial charge on any atom is -0.504 e. The summed E-state index contributed by atoms with van der Waals surface area (Å²) in [5.74, 6) is 0.722. The molecule has 3 nitrogen and oxygen atoms in total. The molecular formula is C12H18O3. The van der Waals surface area contributed by atoms with Crippen LogP contribution >= 0.6 is 0 Å². The number of rotatable bonds is 4. The third-order valence-electron chi connectivity index (χ3n) is 1.80. The van der Waals surface area contributed by atoms with Crippen molar-refractivity contribution in [3.8, 4) is 0 Å². The Morgan fingerprint density at radius 3 is 1.27 bits per heavy atom. The molecule has 0 rings (SSSR count). The first kappa shape index (κ1) is 13.4. The fraction of sp³-hybridized carbons (Fsp3) is 0.333. The van der Waals surface area contributed by atoms with Crippen molar-refractivity contribution >= 4 is 0 Å². The van der Waals surface area contributed by atoms with Gasteiger partial charge >= 0.3 is 0 Å². The van der Waals surface area contributed by atoms with Crippen molar-refractivity contribution in [1.82, 2.24) is 0 Å². The number of allylic oxidation sites excluding steroid dienone is 4. The van der Waals surface area contributed by atoms with E-state index in [9.17, 15) is 10.2 Å². The van der Waals surface area contributed by atoms with Gasteiger partial charge < -0.3 is 14.9 Å². The largest absolute Gasteiger partial charge is 0.504 e. The van der Waals surface area contributed by atoms with Crippen molar-refractivity contribution in [2.24, 2.45) is 0 Å². The van der Waals surface area contributed by atoms with E-state index in [1.54, 1.807) is 39.8 Å². The fourth-order valence-corrected chi connectivity index (χ4v) is 0.921. The van der Waals surface area contributed by atoms with E-state index < -0.39 is 0 Å². The Balaban J connectivity index is 4.85. The topological polar surface area (TPSA) is 49.7 Å². The summed E-state index contributed by atoms with van der Waals surface area (Å²) in [6.07, 6.45) is 6.30. The van der Waals surface area contributed by atoms with Crippen LogP contribution in [0.3, 0.4) is 0 Å². The van der Waals surface area contributed by atoms with Gasteiger partial charge in [0, 0.05) is 0 Å². The maximum atomic E-state index is 9.46. The van der Waals surface area contributed by atoms with Gasteiger partial charge in [-0.15, -0.1) is 0 Å². The van der Waals surface area contributed by atoms with Gasteiger partial charge in [-0.1, -0.05) is 0 Å². The van der Waals surface area contributed by atoms with Crippen LogP contribution in [0, 0.1) is 0 Å². The number of ether oxygens (including phenoxy) is 1. The van der Waals surface area contributed by atoms with Crippen LogP contribution in [0.2, 0.25) is 0 Å². The summed E-state index contributed by atoms with van der Waals surface area (Å²) in [5, 5.41) is 18.9. The van der Waals surface area contributed by atoms with Gasteiger partial charge in [-0.2, -0.15) is 0 Å². The van der Waals surface area contributed by atoms with E-state index in [0.717, 1.165) is 0 Å². The molecular weight excluding hydrogens is 192 g/mol. The van der Waals surface area contributed by atoms with E-state index >= 15 is 0 Å². The lowest BCUT2D eigenvalue weighted by Crippen LogP contribution is -1.98. The van der Waals surface area contributed by atoms with Crippen molar-refractivity contribution in [2.75, 3.05) is 0 Å². The average molecular weight is 210 g/mol. The third-order valence-corrected chi connectivity index (χ3v) is 1.80. The molecule has 0 aliphatic rings.